The Morgan fingerprint density at radius 1 is 1.12 bits per heavy atom. The summed E-state index contributed by atoms with van der Waals surface area (Å²) in [4.78, 5) is 24.7. The summed E-state index contributed by atoms with van der Waals surface area (Å²) in [6.07, 6.45) is 2.98. The molecule has 0 saturated carbocycles. The second kappa shape index (κ2) is 8.02. The zero-order chi connectivity index (χ0) is 18.4. The Labute approximate surface area is 150 Å². The number of fused-ring (bicyclic) bond motifs is 1. The van der Waals surface area contributed by atoms with E-state index in [0.29, 0.717) is 22.6 Å². The molecule has 1 aliphatic heterocycles. The summed E-state index contributed by atoms with van der Waals surface area (Å²) in [5, 5.41) is 2.60. The number of hydrogen-bond acceptors (Lipinski definition) is 5. The van der Waals surface area contributed by atoms with Crippen molar-refractivity contribution in [2.75, 3.05) is 13.4 Å². The van der Waals surface area contributed by atoms with Crippen molar-refractivity contribution in [2.45, 2.75) is 0 Å². The van der Waals surface area contributed by atoms with Crippen molar-refractivity contribution < 1.29 is 23.8 Å². The van der Waals surface area contributed by atoms with E-state index in [2.05, 4.69) is 11.9 Å². The van der Waals surface area contributed by atoms with Crippen LogP contribution < -0.4 is 14.8 Å². The van der Waals surface area contributed by atoms with Gasteiger partial charge in [0.2, 0.25) is 6.79 Å². The standard InChI is InChI=1S/C20H17NO5/c1-2-10-24-20(23)16(21-19(22)15-6-4-3-5-7-15)11-14-8-9-17-18(12-14)26-13-25-17/h2-9,11-12H,1,10,13H2,(H,21,22)/b16-11-. The maximum atomic E-state index is 12.4. The van der Waals surface area contributed by atoms with Crippen molar-refractivity contribution in [2.24, 2.45) is 0 Å². The van der Waals surface area contributed by atoms with Crippen LogP contribution in [0.15, 0.2) is 66.9 Å². The summed E-state index contributed by atoms with van der Waals surface area (Å²) in [5.41, 5.74) is 1.10. The first-order chi connectivity index (χ1) is 12.7. The molecule has 0 atom stereocenters. The van der Waals surface area contributed by atoms with Gasteiger partial charge in [0.05, 0.1) is 0 Å². The van der Waals surface area contributed by atoms with E-state index >= 15 is 0 Å². The average Bonchev–Trinajstić information content (AvgIpc) is 3.14. The van der Waals surface area contributed by atoms with Gasteiger partial charge < -0.3 is 19.5 Å². The third-order valence-corrected chi connectivity index (χ3v) is 3.54. The van der Waals surface area contributed by atoms with Crippen molar-refractivity contribution in [3.63, 3.8) is 0 Å². The first kappa shape index (κ1) is 17.3. The number of carbonyl (C=O) groups excluding carboxylic acids is 2. The molecule has 2 aromatic rings. The molecule has 0 fully saturated rings. The molecular weight excluding hydrogens is 334 g/mol. The molecule has 0 aromatic heterocycles. The third-order valence-electron chi connectivity index (χ3n) is 3.54. The number of hydrogen-bond donors (Lipinski definition) is 1. The summed E-state index contributed by atoms with van der Waals surface area (Å²) in [6.45, 7) is 3.70. The van der Waals surface area contributed by atoms with Crippen molar-refractivity contribution in [1.82, 2.24) is 5.32 Å². The van der Waals surface area contributed by atoms with E-state index in [-0.39, 0.29) is 19.1 Å². The number of ether oxygens (including phenoxy) is 3. The predicted octanol–water partition coefficient (Wildman–Crippen LogP) is 2.92. The van der Waals surface area contributed by atoms with Gasteiger partial charge in [0.15, 0.2) is 11.5 Å². The maximum Gasteiger partial charge on any atom is 0.355 e. The minimum Gasteiger partial charge on any atom is -0.457 e. The highest BCUT2D eigenvalue weighted by atomic mass is 16.7. The van der Waals surface area contributed by atoms with E-state index in [9.17, 15) is 9.59 Å². The van der Waals surface area contributed by atoms with Crippen molar-refractivity contribution in [1.29, 1.82) is 0 Å². The SMILES string of the molecule is C=CCOC(=O)/C(=C/c1ccc2c(c1)OCO2)NC(=O)c1ccccc1. The van der Waals surface area contributed by atoms with E-state index in [1.807, 2.05) is 0 Å². The van der Waals surface area contributed by atoms with Gasteiger partial charge in [-0.2, -0.15) is 0 Å². The van der Waals surface area contributed by atoms with Crippen LogP contribution in [-0.4, -0.2) is 25.3 Å². The van der Waals surface area contributed by atoms with Crippen LogP contribution in [-0.2, 0) is 9.53 Å². The fraction of sp³-hybridized carbons (Fsp3) is 0.100. The topological polar surface area (TPSA) is 73.9 Å². The van der Waals surface area contributed by atoms with E-state index in [4.69, 9.17) is 14.2 Å². The average molecular weight is 351 g/mol. The van der Waals surface area contributed by atoms with Crippen LogP contribution in [0.5, 0.6) is 11.5 Å². The Bertz CT molecular complexity index is 858. The summed E-state index contributed by atoms with van der Waals surface area (Å²) >= 11 is 0. The number of amides is 1. The van der Waals surface area contributed by atoms with Crippen LogP contribution in [0, 0.1) is 0 Å². The quantitative estimate of drug-likeness (QED) is 0.492. The highest BCUT2D eigenvalue weighted by molar-refractivity contribution is 6.03. The van der Waals surface area contributed by atoms with Crippen LogP contribution in [0.25, 0.3) is 6.08 Å². The molecule has 2 aromatic carbocycles. The fourth-order valence-corrected chi connectivity index (χ4v) is 2.31. The largest absolute Gasteiger partial charge is 0.457 e. The summed E-state index contributed by atoms with van der Waals surface area (Å²) in [6, 6.07) is 13.8. The lowest BCUT2D eigenvalue weighted by molar-refractivity contribution is -0.138. The Morgan fingerprint density at radius 2 is 1.88 bits per heavy atom. The van der Waals surface area contributed by atoms with E-state index < -0.39 is 11.9 Å². The number of benzene rings is 2. The molecule has 0 saturated heterocycles. The van der Waals surface area contributed by atoms with E-state index in [1.165, 1.54) is 12.2 Å². The molecule has 0 spiro atoms. The minimum atomic E-state index is -0.660. The molecule has 26 heavy (non-hydrogen) atoms. The number of carbonyl (C=O) groups is 2. The van der Waals surface area contributed by atoms with Gasteiger partial charge >= 0.3 is 5.97 Å². The first-order valence-electron chi connectivity index (χ1n) is 7.93. The predicted molar refractivity (Wildman–Crippen MR) is 95.6 cm³/mol. The molecular formula is C20H17NO5. The lowest BCUT2D eigenvalue weighted by Crippen LogP contribution is -2.28. The summed E-state index contributed by atoms with van der Waals surface area (Å²) < 4.78 is 15.7. The normalized spacial score (nSPS) is 12.4. The van der Waals surface area contributed by atoms with Crippen LogP contribution in [0.2, 0.25) is 0 Å². The molecule has 132 valence electrons. The molecule has 0 unspecified atom stereocenters. The number of nitrogens with one attached hydrogen (secondary N) is 1. The van der Waals surface area contributed by atoms with Gasteiger partial charge in [-0.25, -0.2) is 4.79 Å². The van der Waals surface area contributed by atoms with Crippen molar-refractivity contribution in [3.05, 3.63) is 78.0 Å². The monoisotopic (exact) mass is 351 g/mol. The van der Waals surface area contributed by atoms with Gasteiger partial charge in [0.25, 0.3) is 5.91 Å². The molecule has 1 N–H and O–H groups in total. The zero-order valence-corrected chi connectivity index (χ0v) is 13.9. The molecule has 0 bridgehead atoms. The van der Waals surface area contributed by atoms with Crippen molar-refractivity contribution >= 4 is 18.0 Å². The van der Waals surface area contributed by atoms with Gasteiger partial charge in [-0.05, 0) is 35.9 Å². The maximum absolute atomic E-state index is 12.4. The Hall–Kier alpha value is -3.54. The van der Waals surface area contributed by atoms with Gasteiger partial charge in [0, 0.05) is 5.56 Å². The molecule has 0 aliphatic carbocycles. The third kappa shape index (κ3) is 4.10. The first-order valence-corrected chi connectivity index (χ1v) is 7.93. The fourth-order valence-electron chi connectivity index (χ4n) is 2.31. The molecule has 3 rings (SSSR count). The van der Waals surface area contributed by atoms with E-state index in [1.54, 1.807) is 48.5 Å². The Morgan fingerprint density at radius 3 is 2.65 bits per heavy atom. The Kier molecular flexibility index (Phi) is 5.34. The Balaban J connectivity index is 1.86. The van der Waals surface area contributed by atoms with Crippen LogP contribution in [0.1, 0.15) is 15.9 Å². The second-order valence-corrected chi connectivity index (χ2v) is 5.38. The molecule has 0 radical (unpaired) electrons. The van der Waals surface area contributed by atoms with Crippen molar-refractivity contribution in [3.8, 4) is 11.5 Å². The molecule has 6 heteroatoms. The lowest BCUT2D eigenvalue weighted by atomic mass is 10.1. The van der Waals surface area contributed by atoms with Crippen LogP contribution >= 0.6 is 0 Å². The lowest BCUT2D eigenvalue weighted by Gasteiger charge is -2.10. The van der Waals surface area contributed by atoms with Gasteiger partial charge in [-0.15, -0.1) is 0 Å². The summed E-state index contributed by atoms with van der Waals surface area (Å²) in [7, 11) is 0. The van der Waals surface area contributed by atoms with Gasteiger partial charge in [-0.3, -0.25) is 4.79 Å². The van der Waals surface area contributed by atoms with Gasteiger partial charge in [-0.1, -0.05) is 36.9 Å². The van der Waals surface area contributed by atoms with Crippen LogP contribution in [0.3, 0.4) is 0 Å². The second-order valence-electron chi connectivity index (χ2n) is 5.38. The smallest absolute Gasteiger partial charge is 0.355 e. The highest BCUT2D eigenvalue weighted by Gasteiger charge is 2.17. The number of esters is 1. The summed E-state index contributed by atoms with van der Waals surface area (Å²) in [5.74, 6) is 0.137. The molecule has 1 heterocycles. The highest BCUT2D eigenvalue weighted by Crippen LogP contribution is 2.33. The van der Waals surface area contributed by atoms with E-state index in [0.717, 1.165) is 0 Å². The van der Waals surface area contributed by atoms with Gasteiger partial charge in [0.1, 0.15) is 12.3 Å². The zero-order valence-electron chi connectivity index (χ0n) is 13.9. The molecule has 1 aliphatic rings. The minimum absolute atomic E-state index is 0.0135. The van der Waals surface area contributed by atoms with Crippen LogP contribution in [0.4, 0.5) is 0 Å². The molecule has 1 amide bonds. The number of rotatable bonds is 6. The molecule has 6 nitrogen and oxygen atoms in total.